The van der Waals surface area contributed by atoms with E-state index in [2.05, 4.69) is 9.72 Å². The van der Waals surface area contributed by atoms with E-state index in [1.165, 1.54) is 29.7 Å². The number of rotatable bonds is 3. The zero-order valence-corrected chi connectivity index (χ0v) is 10.3. The topological polar surface area (TPSA) is 70.1 Å². The van der Waals surface area contributed by atoms with Crippen LogP contribution in [0.3, 0.4) is 0 Å². The average Bonchev–Trinajstić information content (AvgIpc) is 2.85. The fraction of sp³-hybridized carbons (Fsp3) is 0.0909. The van der Waals surface area contributed by atoms with Crippen molar-refractivity contribution in [1.82, 2.24) is 8.96 Å². The first-order valence-corrected chi connectivity index (χ1v) is 5.64. The van der Waals surface area contributed by atoms with Crippen LogP contribution in [0.25, 0.3) is 11.3 Å². The van der Waals surface area contributed by atoms with Crippen LogP contribution in [0.2, 0.25) is 0 Å². The summed E-state index contributed by atoms with van der Waals surface area (Å²) >= 11 is 0.0276. The Morgan fingerprint density at radius 3 is 2.94 bits per heavy atom. The maximum absolute atomic E-state index is 12.6. The standard InChI is InChI=1S/C11H10FN3O2S/c1-17-11(16)7-2-3-8(9(13)4-7)10-5-14-6-15(10)18-12/h2-6H,13H2,1H3. The summed E-state index contributed by atoms with van der Waals surface area (Å²) < 4.78 is 18.5. The maximum atomic E-state index is 12.6. The van der Waals surface area contributed by atoms with E-state index < -0.39 is 5.97 Å². The Morgan fingerprint density at radius 1 is 1.56 bits per heavy atom. The molecular weight excluding hydrogens is 257 g/mol. The van der Waals surface area contributed by atoms with Crippen LogP contribution < -0.4 is 5.73 Å². The molecule has 0 bridgehead atoms. The molecule has 0 amide bonds. The summed E-state index contributed by atoms with van der Waals surface area (Å²) in [4.78, 5) is 15.2. The van der Waals surface area contributed by atoms with Crippen molar-refractivity contribution in [1.29, 1.82) is 0 Å². The van der Waals surface area contributed by atoms with Gasteiger partial charge in [0, 0.05) is 11.3 Å². The molecular formula is C11H10FN3O2S. The quantitative estimate of drug-likeness (QED) is 0.682. The third-order valence-electron chi connectivity index (χ3n) is 2.43. The molecule has 0 aliphatic heterocycles. The number of esters is 1. The third kappa shape index (κ3) is 2.17. The summed E-state index contributed by atoms with van der Waals surface area (Å²) in [6, 6.07) is 4.69. The molecule has 0 fully saturated rings. The van der Waals surface area contributed by atoms with Crippen LogP contribution in [0.1, 0.15) is 10.4 Å². The van der Waals surface area contributed by atoms with E-state index in [0.29, 0.717) is 22.5 Å². The fourth-order valence-electron chi connectivity index (χ4n) is 1.57. The summed E-state index contributed by atoms with van der Waals surface area (Å²) in [5.74, 6) is -0.471. The molecule has 1 aromatic heterocycles. The van der Waals surface area contributed by atoms with Gasteiger partial charge in [0.25, 0.3) is 0 Å². The van der Waals surface area contributed by atoms with Gasteiger partial charge in [0.05, 0.1) is 24.6 Å². The van der Waals surface area contributed by atoms with Crippen LogP contribution in [-0.2, 0) is 4.74 Å². The summed E-state index contributed by atoms with van der Waals surface area (Å²) in [5.41, 5.74) is 7.68. The first kappa shape index (κ1) is 12.4. The predicted molar refractivity (Wildman–Crippen MR) is 67.5 cm³/mol. The van der Waals surface area contributed by atoms with Crippen molar-refractivity contribution in [3.63, 3.8) is 0 Å². The van der Waals surface area contributed by atoms with Gasteiger partial charge in [-0.15, -0.1) is 3.89 Å². The molecule has 0 saturated heterocycles. The first-order valence-electron chi connectivity index (χ1n) is 4.97. The number of benzene rings is 1. The van der Waals surface area contributed by atoms with E-state index >= 15 is 0 Å². The van der Waals surface area contributed by atoms with Crippen molar-refractivity contribution in [2.24, 2.45) is 0 Å². The molecule has 7 heteroatoms. The molecule has 2 aromatic rings. The van der Waals surface area contributed by atoms with E-state index in [4.69, 9.17) is 5.73 Å². The Labute approximate surface area is 107 Å². The van der Waals surface area contributed by atoms with E-state index in [1.54, 1.807) is 12.1 Å². The van der Waals surface area contributed by atoms with E-state index in [9.17, 15) is 8.68 Å². The predicted octanol–water partition coefficient (Wildman–Crippen LogP) is 2.30. The Bertz CT molecular complexity index is 585. The van der Waals surface area contributed by atoms with Gasteiger partial charge in [-0.05, 0) is 18.2 Å². The van der Waals surface area contributed by atoms with Gasteiger partial charge in [0.2, 0.25) is 0 Å². The van der Waals surface area contributed by atoms with Gasteiger partial charge in [0.15, 0.2) is 12.3 Å². The van der Waals surface area contributed by atoms with Gasteiger partial charge in [-0.1, -0.05) is 0 Å². The maximum Gasteiger partial charge on any atom is 0.337 e. The summed E-state index contributed by atoms with van der Waals surface area (Å²) in [7, 11) is 1.29. The Kier molecular flexibility index (Phi) is 3.52. The van der Waals surface area contributed by atoms with Crippen molar-refractivity contribution in [3.05, 3.63) is 36.3 Å². The SMILES string of the molecule is COC(=O)c1ccc(-c2cncn2SF)c(N)c1. The van der Waals surface area contributed by atoms with Crippen molar-refractivity contribution in [3.8, 4) is 11.3 Å². The van der Waals surface area contributed by atoms with Crippen LogP contribution in [0.4, 0.5) is 9.57 Å². The number of carbonyl (C=O) groups excluding carboxylic acids is 1. The number of hydrogen-bond donors (Lipinski definition) is 1. The number of halogens is 1. The molecule has 1 heterocycles. The van der Waals surface area contributed by atoms with Crippen LogP contribution in [-0.4, -0.2) is 22.0 Å². The molecule has 5 nitrogen and oxygen atoms in total. The van der Waals surface area contributed by atoms with Crippen molar-refractivity contribution in [2.75, 3.05) is 12.8 Å². The number of nitrogen functional groups attached to an aromatic ring is 1. The molecule has 0 atom stereocenters. The molecule has 0 aliphatic carbocycles. The minimum Gasteiger partial charge on any atom is -0.465 e. The summed E-state index contributed by atoms with van der Waals surface area (Å²) in [6.07, 6.45) is 2.84. The second-order valence-electron chi connectivity index (χ2n) is 3.47. The lowest BCUT2D eigenvalue weighted by Crippen LogP contribution is -2.03. The monoisotopic (exact) mass is 267 g/mol. The number of nitrogens with two attached hydrogens (primary N) is 1. The number of methoxy groups -OCH3 is 1. The number of anilines is 1. The summed E-state index contributed by atoms with van der Waals surface area (Å²) in [6.45, 7) is 0. The van der Waals surface area contributed by atoms with Crippen molar-refractivity contribution in [2.45, 2.75) is 0 Å². The third-order valence-corrected chi connectivity index (χ3v) is 2.87. The van der Waals surface area contributed by atoms with Crippen molar-refractivity contribution < 1.29 is 13.4 Å². The molecule has 0 saturated carbocycles. The highest BCUT2D eigenvalue weighted by molar-refractivity contribution is 7.92. The van der Waals surface area contributed by atoms with Gasteiger partial charge in [0.1, 0.15) is 6.33 Å². The summed E-state index contributed by atoms with van der Waals surface area (Å²) in [5, 5.41) is 0. The number of imidazole rings is 1. The Balaban J connectivity index is 2.45. The normalized spacial score (nSPS) is 10.3. The Hall–Kier alpha value is -2.02. The van der Waals surface area contributed by atoms with Gasteiger partial charge in [-0.2, -0.15) is 0 Å². The zero-order chi connectivity index (χ0) is 13.1. The highest BCUT2D eigenvalue weighted by Gasteiger charge is 2.12. The van der Waals surface area contributed by atoms with Gasteiger partial charge < -0.3 is 10.5 Å². The van der Waals surface area contributed by atoms with E-state index in [-0.39, 0.29) is 12.3 Å². The highest BCUT2D eigenvalue weighted by Crippen LogP contribution is 2.29. The van der Waals surface area contributed by atoms with Gasteiger partial charge >= 0.3 is 5.97 Å². The van der Waals surface area contributed by atoms with Crippen molar-refractivity contribution >= 4 is 24.0 Å². The largest absolute Gasteiger partial charge is 0.465 e. The number of aromatic nitrogens is 2. The molecule has 1 aromatic carbocycles. The molecule has 2 rings (SSSR count). The minimum atomic E-state index is -0.471. The molecule has 2 N–H and O–H groups in total. The second-order valence-corrected chi connectivity index (χ2v) is 4.00. The number of carbonyl (C=O) groups is 1. The smallest absolute Gasteiger partial charge is 0.337 e. The van der Waals surface area contributed by atoms with E-state index in [0.717, 1.165) is 0 Å². The number of hydrogen-bond acceptors (Lipinski definition) is 5. The van der Waals surface area contributed by atoms with E-state index in [1.807, 2.05) is 0 Å². The lowest BCUT2D eigenvalue weighted by Gasteiger charge is -2.07. The lowest BCUT2D eigenvalue weighted by molar-refractivity contribution is 0.0601. The van der Waals surface area contributed by atoms with Crippen LogP contribution in [0, 0.1) is 0 Å². The molecule has 0 radical (unpaired) electrons. The highest BCUT2D eigenvalue weighted by atomic mass is 32.2. The molecule has 0 unspecified atom stereocenters. The molecule has 0 aliphatic rings. The van der Waals surface area contributed by atoms with Gasteiger partial charge in [-0.25, -0.2) is 13.8 Å². The molecule has 94 valence electrons. The number of nitrogens with zero attached hydrogens (tertiary/aromatic N) is 2. The zero-order valence-electron chi connectivity index (χ0n) is 9.46. The van der Waals surface area contributed by atoms with Crippen LogP contribution >= 0.6 is 12.3 Å². The minimum absolute atomic E-state index is 0.0276. The van der Waals surface area contributed by atoms with Gasteiger partial charge in [-0.3, -0.25) is 0 Å². The van der Waals surface area contributed by atoms with Crippen LogP contribution in [0.15, 0.2) is 30.7 Å². The Morgan fingerprint density at radius 2 is 2.33 bits per heavy atom. The lowest BCUT2D eigenvalue weighted by atomic mass is 10.1. The average molecular weight is 267 g/mol. The molecule has 18 heavy (non-hydrogen) atoms. The fourth-order valence-corrected chi connectivity index (χ4v) is 1.88. The number of ether oxygens (including phenoxy) is 1. The molecule has 0 spiro atoms. The first-order chi connectivity index (χ1) is 8.67. The second kappa shape index (κ2) is 5.09. The van der Waals surface area contributed by atoms with Crippen LogP contribution in [0.5, 0.6) is 0 Å².